The summed E-state index contributed by atoms with van der Waals surface area (Å²) in [5.74, 6) is -2.31. The number of nitriles is 1. The molecule has 5 heteroatoms. The summed E-state index contributed by atoms with van der Waals surface area (Å²) in [5.41, 5.74) is 6.59. The Kier molecular flexibility index (Phi) is 3.34. The highest BCUT2D eigenvalue weighted by Gasteiger charge is 2.15. The van der Waals surface area contributed by atoms with E-state index in [9.17, 15) is 8.78 Å². The van der Waals surface area contributed by atoms with Crippen molar-refractivity contribution in [3.8, 4) is 17.6 Å². The summed E-state index contributed by atoms with van der Waals surface area (Å²) in [5, 5.41) is 8.81. The van der Waals surface area contributed by atoms with E-state index in [1.165, 1.54) is 12.1 Å². The molecule has 0 heterocycles. The maximum atomic E-state index is 13.6. The van der Waals surface area contributed by atoms with Gasteiger partial charge in [-0.25, -0.2) is 4.39 Å². The number of rotatable bonds is 2. The van der Waals surface area contributed by atoms with Crippen LogP contribution in [-0.2, 0) is 0 Å². The van der Waals surface area contributed by atoms with Gasteiger partial charge in [-0.15, -0.1) is 0 Å². The van der Waals surface area contributed by atoms with Crippen molar-refractivity contribution < 1.29 is 13.5 Å². The average Bonchev–Trinajstić information content (AvgIpc) is 2.41. The van der Waals surface area contributed by atoms with Gasteiger partial charge in [-0.05, 0) is 36.8 Å². The molecule has 0 amide bonds. The van der Waals surface area contributed by atoms with E-state index in [0.717, 1.165) is 6.07 Å². The minimum atomic E-state index is -1.15. The molecule has 0 fully saturated rings. The van der Waals surface area contributed by atoms with Gasteiger partial charge in [0.15, 0.2) is 11.6 Å². The van der Waals surface area contributed by atoms with Crippen molar-refractivity contribution in [2.24, 2.45) is 0 Å². The van der Waals surface area contributed by atoms with E-state index < -0.39 is 11.6 Å². The van der Waals surface area contributed by atoms with Crippen molar-refractivity contribution >= 4 is 5.69 Å². The number of halogens is 2. The molecule has 0 aliphatic rings. The Hall–Kier alpha value is -2.61. The van der Waals surface area contributed by atoms with E-state index in [1.54, 1.807) is 19.1 Å². The van der Waals surface area contributed by atoms with E-state index in [2.05, 4.69) is 0 Å². The van der Waals surface area contributed by atoms with Gasteiger partial charge in [0.2, 0.25) is 5.82 Å². The Morgan fingerprint density at radius 2 is 1.95 bits per heavy atom. The zero-order valence-electron chi connectivity index (χ0n) is 10.1. The van der Waals surface area contributed by atoms with Crippen LogP contribution in [-0.4, -0.2) is 0 Å². The van der Waals surface area contributed by atoms with Crippen molar-refractivity contribution in [3.05, 3.63) is 53.1 Å². The van der Waals surface area contributed by atoms with E-state index in [0.29, 0.717) is 11.1 Å². The van der Waals surface area contributed by atoms with Gasteiger partial charge < -0.3 is 10.5 Å². The normalized spacial score (nSPS) is 10.0. The predicted octanol–water partition coefficient (Wildman–Crippen LogP) is 3.52. The lowest BCUT2D eigenvalue weighted by molar-refractivity contribution is 0.416. The van der Waals surface area contributed by atoms with Gasteiger partial charge in [-0.3, -0.25) is 0 Å². The monoisotopic (exact) mass is 260 g/mol. The maximum Gasteiger partial charge on any atom is 0.203 e. The molecule has 0 aromatic heterocycles. The fraction of sp³-hybridized carbons (Fsp3) is 0.0714. The van der Waals surface area contributed by atoms with Crippen LogP contribution in [0.4, 0.5) is 14.5 Å². The largest absolute Gasteiger partial charge is 0.452 e. The lowest BCUT2D eigenvalue weighted by Crippen LogP contribution is -1.99. The maximum absolute atomic E-state index is 13.6. The molecule has 0 saturated heterocycles. The number of hydrogen-bond acceptors (Lipinski definition) is 3. The van der Waals surface area contributed by atoms with E-state index in [-0.39, 0.29) is 17.2 Å². The van der Waals surface area contributed by atoms with E-state index in [1.807, 2.05) is 6.07 Å². The number of nitrogens with two attached hydrogens (primary N) is 1. The molecule has 19 heavy (non-hydrogen) atoms. The summed E-state index contributed by atoms with van der Waals surface area (Å²) in [4.78, 5) is 0. The Balaban J connectivity index is 2.48. The Morgan fingerprint density at radius 3 is 2.63 bits per heavy atom. The van der Waals surface area contributed by atoms with Crippen molar-refractivity contribution in [1.82, 2.24) is 0 Å². The molecule has 2 rings (SSSR count). The first kappa shape index (κ1) is 12.8. The lowest BCUT2D eigenvalue weighted by Gasteiger charge is -2.12. The molecule has 96 valence electrons. The first-order valence-corrected chi connectivity index (χ1v) is 5.45. The number of ether oxygens (including phenoxy) is 1. The highest BCUT2D eigenvalue weighted by molar-refractivity contribution is 5.56. The minimum absolute atomic E-state index is 0.0133. The van der Waals surface area contributed by atoms with Gasteiger partial charge in [-0.1, -0.05) is 6.07 Å². The molecule has 0 saturated carbocycles. The third-order valence-electron chi connectivity index (χ3n) is 2.61. The van der Waals surface area contributed by atoms with Gasteiger partial charge in [0.05, 0.1) is 17.3 Å². The van der Waals surface area contributed by atoms with Gasteiger partial charge in [0.25, 0.3) is 0 Å². The summed E-state index contributed by atoms with van der Waals surface area (Å²) in [6.45, 7) is 1.73. The molecule has 0 spiro atoms. The van der Waals surface area contributed by atoms with Gasteiger partial charge in [-0.2, -0.15) is 9.65 Å². The summed E-state index contributed by atoms with van der Waals surface area (Å²) in [7, 11) is 0. The lowest BCUT2D eigenvalue weighted by atomic mass is 10.1. The number of nitrogens with zero attached hydrogens (tertiary/aromatic N) is 1. The fourth-order valence-corrected chi connectivity index (χ4v) is 1.54. The molecule has 2 aromatic carbocycles. The second kappa shape index (κ2) is 4.94. The van der Waals surface area contributed by atoms with Crippen molar-refractivity contribution in [3.63, 3.8) is 0 Å². The Morgan fingerprint density at radius 1 is 1.21 bits per heavy atom. The SMILES string of the molecule is Cc1ccc(C#N)cc1Oc1c(N)ccc(F)c1F. The van der Waals surface area contributed by atoms with Crippen LogP contribution in [0.15, 0.2) is 30.3 Å². The third-order valence-corrected chi connectivity index (χ3v) is 2.61. The average molecular weight is 260 g/mol. The van der Waals surface area contributed by atoms with Crippen LogP contribution < -0.4 is 10.5 Å². The highest BCUT2D eigenvalue weighted by atomic mass is 19.2. The van der Waals surface area contributed by atoms with E-state index in [4.69, 9.17) is 15.7 Å². The van der Waals surface area contributed by atoms with Crippen LogP contribution >= 0.6 is 0 Å². The van der Waals surface area contributed by atoms with Crippen molar-refractivity contribution in [2.45, 2.75) is 6.92 Å². The zero-order chi connectivity index (χ0) is 14.0. The standard InChI is InChI=1S/C14H10F2N2O/c1-8-2-3-9(7-17)6-12(8)19-14-11(18)5-4-10(15)13(14)16/h2-6H,18H2,1H3. The molecule has 0 bridgehead atoms. The van der Waals surface area contributed by atoms with Gasteiger partial charge >= 0.3 is 0 Å². The summed E-state index contributed by atoms with van der Waals surface area (Å²) >= 11 is 0. The summed E-state index contributed by atoms with van der Waals surface area (Å²) in [6, 6.07) is 8.79. The smallest absolute Gasteiger partial charge is 0.203 e. The number of nitrogen functional groups attached to an aromatic ring is 1. The number of anilines is 1. The minimum Gasteiger partial charge on any atom is -0.452 e. The van der Waals surface area contributed by atoms with Crippen LogP contribution in [0.25, 0.3) is 0 Å². The summed E-state index contributed by atoms with van der Waals surface area (Å²) < 4.78 is 32.1. The Bertz CT molecular complexity index is 678. The topological polar surface area (TPSA) is 59.0 Å². The molecular weight excluding hydrogens is 250 g/mol. The first-order chi connectivity index (χ1) is 9.02. The molecular formula is C14H10F2N2O. The zero-order valence-corrected chi connectivity index (χ0v) is 10.1. The molecule has 0 atom stereocenters. The van der Waals surface area contributed by atoms with Gasteiger partial charge in [0.1, 0.15) is 5.75 Å². The van der Waals surface area contributed by atoms with Crippen molar-refractivity contribution in [1.29, 1.82) is 5.26 Å². The second-order valence-corrected chi connectivity index (χ2v) is 3.97. The van der Waals surface area contributed by atoms with Crippen LogP contribution in [0.2, 0.25) is 0 Å². The highest BCUT2D eigenvalue weighted by Crippen LogP contribution is 2.33. The number of hydrogen-bond donors (Lipinski definition) is 1. The van der Waals surface area contributed by atoms with Crippen LogP contribution in [0.3, 0.4) is 0 Å². The van der Waals surface area contributed by atoms with Crippen molar-refractivity contribution in [2.75, 3.05) is 5.73 Å². The van der Waals surface area contributed by atoms with Crippen LogP contribution in [0.1, 0.15) is 11.1 Å². The second-order valence-electron chi connectivity index (χ2n) is 3.97. The number of benzene rings is 2. The molecule has 0 radical (unpaired) electrons. The third kappa shape index (κ3) is 2.47. The summed E-state index contributed by atoms with van der Waals surface area (Å²) in [6.07, 6.45) is 0. The Labute approximate surface area is 108 Å². The fourth-order valence-electron chi connectivity index (χ4n) is 1.54. The predicted molar refractivity (Wildman–Crippen MR) is 66.7 cm³/mol. The first-order valence-electron chi connectivity index (χ1n) is 5.45. The van der Waals surface area contributed by atoms with E-state index >= 15 is 0 Å². The molecule has 3 nitrogen and oxygen atoms in total. The number of aryl methyl sites for hydroxylation is 1. The molecule has 2 aromatic rings. The molecule has 0 aliphatic carbocycles. The molecule has 0 aliphatic heterocycles. The molecule has 2 N–H and O–H groups in total. The van der Waals surface area contributed by atoms with Crippen LogP contribution in [0.5, 0.6) is 11.5 Å². The van der Waals surface area contributed by atoms with Crippen LogP contribution in [0, 0.1) is 29.9 Å². The quantitative estimate of drug-likeness (QED) is 0.840. The van der Waals surface area contributed by atoms with Gasteiger partial charge in [0, 0.05) is 0 Å². The molecule has 0 unspecified atom stereocenters.